The van der Waals surface area contributed by atoms with Crippen LogP contribution in [0, 0.1) is 0 Å². The van der Waals surface area contributed by atoms with E-state index in [1.807, 2.05) is 6.07 Å². The van der Waals surface area contributed by atoms with Crippen molar-refractivity contribution in [3.8, 4) is 11.5 Å². The second-order valence-electron chi connectivity index (χ2n) is 5.32. The number of hydrogen-bond donors (Lipinski definition) is 4. The lowest BCUT2D eigenvalue weighted by atomic mass is 10.0. The zero-order chi connectivity index (χ0) is 18.8. The van der Waals surface area contributed by atoms with Crippen LogP contribution in [0.3, 0.4) is 0 Å². The molecular formula is C19H21NO6. The molecule has 0 bridgehead atoms. The van der Waals surface area contributed by atoms with E-state index in [0.29, 0.717) is 17.1 Å². The molecule has 0 spiro atoms. The third-order valence-electron chi connectivity index (χ3n) is 3.46. The molecule has 0 aromatic heterocycles. The predicted molar refractivity (Wildman–Crippen MR) is 93.9 cm³/mol. The van der Waals surface area contributed by atoms with Crippen molar-refractivity contribution < 1.29 is 29.7 Å². The predicted octanol–water partition coefficient (Wildman–Crippen LogP) is 1.60. The molecule has 2 aromatic carbocycles. The Morgan fingerprint density at radius 3 is 2.38 bits per heavy atom. The van der Waals surface area contributed by atoms with E-state index >= 15 is 0 Å². The molecule has 138 valence electrons. The van der Waals surface area contributed by atoms with Crippen LogP contribution in [0.15, 0.2) is 66.7 Å². The van der Waals surface area contributed by atoms with E-state index in [4.69, 9.17) is 19.8 Å². The van der Waals surface area contributed by atoms with E-state index in [9.17, 15) is 9.90 Å². The first-order valence-electron chi connectivity index (χ1n) is 7.99. The third kappa shape index (κ3) is 5.89. The van der Waals surface area contributed by atoms with Gasteiger partial charge in [-0.1, -0.05) is 30.3 Å². The van der Waals surface area contributed by atoms with Gasteiger partial charge < -0.3 is 19.7 Å². The van der Waals surface area contributed by atoms with Gasteiger partial charge in [0.1, 0.15) is 30.3 Å². The van der Waals surface area contributed by atoms with Crippen LogP contribution in [0.2, 0.25) is 0 Å². The number of rotatable bonds is 9. The van der Waals surface area contributed by atoms with Gasteiger partial charge in [0.25, 0.3) is 5.91 Å². The van der Waals surface area contributed by atoms with E-state index < -0.39 is 18.1 Å². The number of carbonyl (C=O) groups is 1. The summed E-state index contributed by atoms with van der Waals surface area (Å²) >= 11 is 0. The van der Waals surface area contributed by atoms with E-state index in [1.165, 1.54) is 11.6 Å². The lowest BCUT2D eigenvalue weighted by Gasteiger charge is -2.22. The molecule has 2 atom stereocenters. The van der Waals surface area contributed by atoms with Crippen molar-refractivity contribution in [2.45, 2.75) is 12.2 Å². The maximum Gasteiger partial charge on any atom is 0.267 e. The van der Waals surface area contributed by atoms with Crippen LogP contribution in [-0.2, 0) is 4.79 Å². The molecule has 0 aliphatic rings. The van der Waals surface area contributed by atoms with Crippen LogP contribution in [0.1, 0.15) is 11.7 Å². The van der Waals surface area contributed by atoms with Crippen LogP contribution < -0.4 is 15.0 Å². The number of nitrogens with one attached hydrogen (secondary N) is 1. The molecule has 0 unspecified atom stereocenters. The number of ether oxygens (including phenoxy) is 2. The van der Waals surface area contributed by atoms with Crippen molar-refractivity contribution in [3.63, 3.8) is 0 Å². The minimum Gasteiger partial charge on any atom is -0.491 e. The number of hydrogen-bond acceptors (Lipinski definition) is 6. The lowest BCUT2D eigenvalue weighted by Crippen LogP contribution is -2.24. The first kappa shape index (κ1) is 19.5. The summed E-state index contributed by atoms with van der Waals surface area (Å²) in [7, 11) is 0. The molecule has 2 aromatic rings. The Morgan fingerprint density at radius 2 is 1.77 bits per heavy atom. The van der Waals surface area contributed by atoms with Gasteiger partial charge in [-0.25, -0.2) is 5.48 Å². The van der Waals surface area contributed by atoms with Crippen LogP contribution in [0.5, 0.6) is 11.5 Å². The van der Waals surface area contributed by atoms with Gasteiger partial charge in [0, 0.05) is 6.08 Å². The highest BCUT2D eigenvalue weighted by atomic mass is 16.5. The summed E-state index contributed by atoms with van der Waals surface area (Å²) < 4.78 is 11.0. The number of aliphatic hydroxyl groups is 2. The molecule has 26 heavy (non-hydrogen) atoms. The zero-order valence-corrected chi connectivity index (χ0v) is 14.0. The highest BCUT2D eigenvalue weighted by Gasteiger charge is 2.21. The summed E-state index contributed by atoms with van der Waals surface area (Å²) in [5.41, 5.74) is 2.04. The van der Waals surface area contributed by atoms with E-state index in [2.05, 4.69) is 0 Å². The van der Waals surface area contributed by atoms with Gasteiger partial charge in [0.15, 0.2) is 0 Å². The fraction of sp³-hybridized carbons (Fsp3) is 0.211. The Labute approximate surface area is 151 Å². The van der Waals surface area contributed by atoms with Crippen LogP contribution in [0.4, 0.5) is 0 Å². The number of amides is 1. The van der Waals surface area contributed by atoms with Crippen molar-refractivity contribution in [1.82, 2.24) is 5.48 Å². The maximum absolute atomic E-state index is 11.3. The second kappa shape index (κ2) is 10.2. The van der Waals surface area contributed by atoms with E-state index in [-0.39, 0.29) is 13.2 Å². The fourth-order valence-corrected chi connectivity index (χ4v) is 2.20. The average Bonchev–Trinajstić information content (AvgIpc) is 2.69. The average molecular weight is 359 g/mol. The van der Waals surface area contributed by atoms with Gasteiger partial charge >= 0.3 is 0 Å². The van der Waals surface area contributed by atoms with Crippen LogP contribution >= 0.6 is 0 Å². The van der Waals surface area contributed by atoms with E-state index in [1.54, 1.807) is 48.5 Å². The molecule has 0 radical (unpaired) electrons. The molecule has 0 aliphatic carbocycles. The quantitative estimate of drug-likeness (QED) is 0.308. The van der Waals surface area contributed by atoms with Gasteiger partial charge in [-0.2, -0.15) is 0 Å². The largest absolute Gasteiger partial charge is 0.491 e. The molecule has 0 heterocycles. The van der Waals surface area contributed by atoms with Gasteiger partial charge in [-0.3, -0.25) is 10.0 Å². The third-order valence-corrected chi connectivity index (χ3v) is 3.46. The Bertz CT molecular complexity index is 702. The molecule has 0 saturated heterocycles. The second-order valence-corrected chi connectivity index (χ2v) is 5.32. The van der Waals surface area contributed by atoms with Crippen molar-refractivity contribution in [1.29, 1.82) is 0 Å². The summed E-state index contributed by atoms with van der Waals surface area (Å²) in [6.07, 6.45) is 0.512. The topological polar surface area (TPSA) is 108 Å². The molecule has 7 heteroatoms. The summed E-state index contributed by atoms with van der Waals surface area (Å²) in [4.78, 5) is 11.3. The number of para-hydroxylation sites is 1. The fourth-order valence-electron chi connectivity index (χ4n) is 2.20. The number of benzene rings is 2. The first-order valence-corrected chi connectivity index (χ1v) is 7.99. The lowest BCUT2D eigenvalue weighted by molar-refractivity contribution is -0.124. The van der Waals surface area contributed by atoms with E-state index in [0.717, 1.165) is 6.08 Å². The number of aliphatic hydroxyl groups excluding tert-OH is 2. The number of hydroxylamine groups is 1. The molecule has 0 aliphatic heterocycles. The van der Waals surface area contributed by atoms with Gasteiger partial charge in [-0.05, 0) is 35.9 Å². The Kier molecular flexibility index (Phi) is 7.63. The van der Waals surface area contributed by atoms with Gasteiger partial charge in [0.05, 0.1) is 6.61 Å². The molecular weight excluding hydrogens is 338 g/mol. The SMILES string of the molecule is O=C(/C=C/[C@H](Oc1ccccc1)[C@@H](O)c1ccc(OCCO)cc1)NO. The summed E-state index contributed by atoms with van der Waals surface area (Å²) in [5, 5.41) is 28.0. The van der Waals surface area contributed by atoms with Gasteiger partial charge in [-0.15, -0.1) is 0 Å². The summed E-state index contributed by atoms with van der Waals surface area (Å²) in [6, 6.07) is 15.5. The zero-order valence-electron chi connectivity index (χ0n) is 14.0. The Morgan fingerprint density at radius 1 is 1.08 bits per heavy atom. The highest BCUT2D eigenvalue weighted by molar-refractivity contribution is 5.86. The summed E-state index contributed by atoms with van der Waals surface area (Å²) in [5.74, 6) is 0.353. The van der Waals surface area contributed by atoms with Crippen LogP contribution in [-0.4, -0.2) is 40.6 Å². The molecule has 0 fully saturated rings. The molecule has 4 N–H and O–H groups in total. The molecule has 1 amide bonds. The van der Waals surface area contributed by atoms with Crippen molar-refractivity contribution in [2.24, 2.45) is 0 Å². The van der Waals surface area contributed by atoms with Crippen LogP contribution in [0.25, 0.3) is 0 Å². The standard InChI is InChI=1S/C19H21NO6/c21-12-13-25-15-8-6-14(7-9-15)19(23)17(10-11-18(22)20-24)26-16-4-2-1-3-5-16/h1-11,17,19,21,23-24H,12-13H2,(H,20,22)/b11-10+/t17-,19-/m0/s1. The van der Waals surface area contributed by atoms with Gasteiger partial charge in [0.2, 0.25) is 0 Å². The highest BCUT2D eigenvalue weighted by Crippen LogP contribution is 2.25. The molecule has 7 nitrogen and oxygen atoms in total. The first-order chi connectivity index (χ1) is 12.6. The van der Waals surface area contributed by atoms with Crippen molar-refractivity contribution >= 4 is 5.91 Å². The molecule has 2 rings (SSSR count). The monoisotopic (exact) mass is 359 g/mol. The van der Waals surface area contributed by atoms with Crippen molar-refractivity contribution in [2.75, 3.05) is 13.2 Å². The summed E-state index contributed by atoms with van der Waals surface area (Å²) in [6.45, 7) is 0.0930. The minimum atomic E-state index is -1.06. The Hall–Kier alpha value is -2.87. The van der Waals surface area contributed by atoms with Crippen molar-refractivity contribution in [3.05, 3.63) is 72.3 Å². The number of carbonyl (C=O) groups excluding carboxylic acids is 1. The normalized spacial score (nSPS) is 13.2. The minimum absolute atomic E-state index is 0.0882. The Balaban J connectivity index is 2.16. The smallest absolute Gasteiger partial charge is 0.267 e. The maximum atomic E-state index is 11.3. The molecule has 0 saturated carbocycles.